The number of rotatable bonds is 7. The molecule has 2 rings (SSSR count). The molecule has 0 aliphatic carbocycles. The van der Waals surface area contributed by atoms with Crippen molar-refractivity contribution in [1.29, 1.82) is 0 Å². The molecule has 0 amide bonds. The SMILES string of the molecule is CCCC(COC)NCc1cc(Cl)cc2c1OCC2. The van der Waals surface area contributed by atoms with E-state index in [0.29, 0.717) is 6.04 Å². The molecule has 1 aromatic rings. The summed E-state index contributed by atoms with van der Waals surface area (Å²) < 4.78 is 10.9. The van der Waals surface area contributed by atoms with Gasteiger partial charge in [0, 0.05) is 36.7 Å². The Labute approximate surface area is 120 Å². The first-order chi connectivity index (χ1) is 9.24. The Morgan fingerprint density at radius 1 is 1.47 bits per heavy atom. The summed E-state index contributed by atoms with van der Waals surface area (Å²) in [4.78, 5) is 0. The number of benzene rings is 1. The molecule has 0 bridgehead atoms. The van der Waals surface area contributed by atoms with Gasteiger partial charge < -0.3 is 14.8 Å². The zero-order chi connectivity index (χ0) is 13.7. The van der Waals surface area contributed by atoms with Gasteiger partial charge in [0.25, 0.3) is 0 Å². The van der Waals surface area contributed by atoms with Gasteiger partial charge in [-0.05, 0) is 24.1 Å². The number of halogens is 1. The predicted molar refractivity (Wildman–Crippen MR) is 78.1 cm³/mol. The summed E-state index contributed by atoms with van der Waals surface area (Å²) in [7, 11) is 1.74. The maximum atomic E-state index is 6.16. The van der Waals surface area contributed by atoms with Gasteiger partial charge in [0.1, 0.15) is 5.75 Å². The number of methoxy groups -OCH3 is 1. The van der Waals surface area contributed by atoms with Gasteiger partial charge in [0.05, 0.1) is 13.2 Å². The summed E-state index contributed by atoms with van der Waals surface area (Å²) in [6, 6.07) is 4.38. The second kappa shape index (κ2) is 7.13. The molecule has 1 aromatic carbocycles. The Balaban J connectivity index is 2.02. The maximum Gasteiger partial charge on any atom is 0.127 e. The van der Waals surface area contributed by atoms with E-state index in [-0.39, 0.29) is 0 Å². The normalized spacial score (nSPS) is 15.1. The quantitative estimate of drug-likeness (QED) is 0.834. The number of hydrogen-bond acceptors (Lipinski definition) is 3. The van der Waals surface area contributed by atoms with E-state index in [1.54, 1.807) is 7.11 Å². The fourth-order valence-corrected chi connectivity index (χ4v) is 2.79. The van der Waals surface area contributed by atoms with Crippen LogP contribution in [0.4, 0.5) is 0 Å². The molecule has 0 spiro atoms. The van der Waals surface area contributed by atoms with Crippen LogP contribution in [0.1, 0.15) is 30.9 Å². The van der Waals surface area contributed by atoms with Gasteiger partial charge in [-0.15, -0.1) is 0 Å². The average molecular weight is 284 g/mol. The molecule has 106 valence electrons. The molecule has 0 saturated heterocycles. The molecule has 1 aliphatic rings. The molecule has 1 N–H and O–H groups in total. The number of nitrogens with one attached hydrogen (secondary N) is 1. The predicted octanol–water partition coefficient (Wildman–Crippen LogP) is 3.18. The monoisotopic (exact) mass is 283 g/mol. The molecule has 0 radical (unpaired) electrons. The molecule has 1 aliphatic heterocycles. The van der Waals surface area contributed by atoms with Crippen LogP contribution in [0.5, 0.6) is 5.75 Å². The van der Waals surface area contributed by atoms with Crippen molar-refractivity contribution in [1.82, 2.24) is 5.32 Å². The fraction of sp³-hybridized carbons (Fsp3) is 0.600. The fourth-order valence-electron chi connectivity index (χ4n) is 2.53. The smallest absolute Gasteiger partial charge is 0.127 e. The van der Waals surface area contributed by atoms with Crippen molar-refractivity contribution in [2.45, 2.75) is 38.8 Å². The number of hydrogen-bond donors (Lipinski definition) is 1. The van der Waals surface area contributed by atoms with E-state index in [9.17, 15) is 0 Å². The lowest BCUT2D eigenvalue weighted by atomic mass is 10.1. The van der Waals surface area contributed by atoms with Gasteiger partial charge in [0.2, 0.25) is 0 Å². The van der Waals surface area contributed by atoms with E-state index in [1.165, 1.54) is 5.56 Å². The first kappa shape index (κ1) is 14.6. The van der Waals surface area contributed by atoms with E-state index in [0.717, 1.165) is 55.4 Å². The molecule has 0 fully saturated rings. The average Bonchev–Trinajstić information content (AvgIpc) is 2.84. The summed E-state index contributed by atoms with van der Waals surface area (Å²) in [5.74, 6) is 1.02. The lowest BCUT2D eigenvalue weighted by molar-refractivity contribution is 0.161. The molecule has 19 heavy (non-hydrogen) atoms. The van der Waals surface area contributed by atoms with Gasteiger partial charge in [0.15, 0.2) is 0 Å². The molecule has 4 heteroatoms. The molecular weight excluding hydrogens is 262 g/mol. The van der Waals surface area contributed by atoms with E-state index >= 15 is 0 Å². The van der Waals surface area contributed by atoms with Gasteiger partial charge >= 0.3 is 0 Å². The van der Waals surface area contributed by atoms with Crippen LogP contribution in [0.25, 0.3) is 0 Å². The Morgan fingerprint density at radius 3 is 3.05 bits per heavy atom. The second-order valence-corrected chi connectivity index (χ2v) is 5.41. The molecule has 0 aromatic heterocycles. The number of fused-ring (bicyclic) bond motifs is 1. The van der Waals surface area contributed by atoms with Crippen molar-refractivity contribution >= 4 is 11.6 Å². The van der Waals surface area contributed by atoms with Crippen LogP contribution in [0, 0.1) is 0 Å². The Hall–Kier alpha value is -0.770. The van der Waals surface area contributed by atoms with Gasteiger partial charge in [-0.3, -0.25) is 0 Å². The minimum absolute atomic E-state index is 0.381. The molecule has 0 saturated carbocycles. The van der Waals surface area contributed by atoms with Crippen LogP contribution in [0.3, 0.4) is 0 Å². The summed E-state index contributed by atoms with van der Waals surface area (Å²) in [6.45, 7) is 4.46. The zero-order valence-corrected chi connectivity index (χ0v) is 12.4. The third-order valence-corrected chi connectivity index (χ3v) is 3.63. The standard InChI is InChI=1S/C15H22ClNO2/c1-3-4-14(10-18-2)17-9-12-8-13(16)7-11-5-6-19-15(11)12/h7-8,14,17H,3-6,9-10H2,1-2H3. The molecule has 1 atom stereocenters. The maximum absolute atomic E-state index is 6.16. The van der Waals surface area contributed by atoms with Gasteiger partial charge in [-0.2, -0.15) is 0 Å². The summed E-state index contributed by atoms with van der Waals surface area (Å²) >= 11 is 6.16. The van der Waals surface area contributed by atoms with Crippen LogP contribution in [-0.2, 0) is 17.7 Å². The summed E-state index contributed by atoms with van der Waals surface area (Å²) in [5, 5.41) is 4.32. The molecular formula is C15H22ClNO2. The van der Waals surface area contributed by atoms with Gasteiger partial charge in [-0.25, -0.2) is 0 Å². The van der Waals surface area contributed by atoms with Crippen molar-refractivity contribution in [3.05, 3.63) is 28.3 Å². The largest absolute Gasteiger partial charge is 0.493 e. The Morgan fingerprint density at radius 2 is 2.32 bits per heavy atom. The highest BCUT2D eigenvalue weighted by atomic mass is 35.5. The highest BCUT2D eigenvalue weighted by Gasteiger charge is 2.18. The van der Waals surface area contributed by atoms with Crippen LogP contribution >= 0.6 is 11.6 Å². The first-order valence-corrected chi connectivity index (χ1v) is 7.28. The Kier molecular flexibility index (Phi) is 5.49. The third-order valence-electron chi connectivity index (χ3n) is 3.41. The van der Waals surface area contributed by atoms with Crippen molar-refractivity contribution in [2.24, 2.45) is 0 Å². The van der Waals surface area contributed by atoms with Crippen LogP contribution in [0.2, 0.25) is 5.02 Å². The minimum atomic E-state index is 0.381. The van der Waals surface area contributed by atoms with Crippen molar-refractivity contribution in [3.63, 3.8) is 0 Å². The first-order valence-electron chi connectivity index (χ1n) is 6.91. The highest BCUT2D eigenvalue weighted by molar-refractivity contribution is 6.30. The van der Waals surface area contributed by atoms with Crippen LogP contribution in [-0.4, -0.2) is 26.4 Å². The topological polar surface area (TPSA) is 30.5 Å². The summed E-state index contributed by atoms with van der Waals surface area (Å²) in [6.07, 6.45) is 3.21. The van der Waals surface area contributed by atoms with Crippen molar-refractivity contribution in [2.75, 3.05) is 20.3 Å². The minimum Gasteiger partial charge on any atom is -0.493 e. The summed E-state index contributed by atoms with van der Waals surface area (Å²) in [5.41, 5.74) is 2.38. The molecule has 3 nitrogen and oxygen atoms in total. The van der Waals surface area contributed by atoms with Gasteiger partial charge in [-0.1, -0.05) is 24.9 Å². The zero-order valence-electron chi connectivity index (χ0n) is 11.7. The second-order valence-electron chi connectivity index (χ2n) is 4.97. The third kappa shape index (κ3) is 3.85. The van der Waals surface area contributed by atoms with Crippen LogP contribution in [0.15, 0.2) is 12.1 Å². The lowest BCUT2D eigenvalue weighted by Crippen LogP contribution is -2.32. The Bertz CT molecular complexity index is 417. The van der Waals surface area contributed by atoms with E-state index in [2.05, 4.69) is 12.2 Å². The number of ether oxygens (including phenoxy) is 2. The molecule has 1 unspecified atom stereocenters. The van der Waals surface area contributed by atoms with Crippen molar-refractivity contribution < 1.29 is 9.47 Å². The highest BCUT2D eigenvalue weighted by Crippen LogP contribution is 2.32. The van der Waals surface area contributed by atoms with Crippen LogP contribution < -0.4 is 10.1 Å². The van der Waals surface area contributed by atoms with E-state index < -0.39 is 0 Å². The van der Waals surface area contributed by atoms with Crippen molar-refractivity contribution in [3.8, 4) is 5.75 Å². The molecule has 1 heterocycles. The lowest BCUT2D eigenvalue weighted by Gasteiger charge is -2.18. The van der Waals surface area contributed by atoms with E-state index in [4.69, 9.17) is 21.1 Å². The van der Waals surface area contributed by atoms with E-state index in [1.807, 2.05) is 12.1 Å².